The van der Waals surface area contributed by atoms with E-state index in [4.69, 9.17) is 5.73 Å². The first-order valence-corrected chi connectivity index (χ1v) is 4.35. The van der Waals surface area contributed by atoms with Gasteiger partial charge < -0.3 is 20.8 Å². The number of aromatic nitrogens is 2. The van der Waals surface area contributed by atoms with Crippen molar-refractivity contribution in [3.63, 3.8) is 0 Å². The van der Waals surface area contributed by atoms with E-state index in [1.54, 1.807) is 12.1 Å². The van der Waals surface area contributed by atoms with Gasteiger partial charge in [0.2, 0.25) is 0 Å². The summed E-state index contributed by atoms with van der Waals surface area (Å²) in [6.07, 6.45) is 0.671. The quantitative estimate of drug-likeness (QED) is 0.647. The number of fused-ring (bicyclic) bond motifs is 1. The van der Waals surface area contributed by atoms with Crippen LogP contribution in [-0.4, -0.2) is 21.6 Å². The average Bonchev–Trinajstić information content (AvgIpc) is 2.53. The molecule has 6 heteroatoms. The highest BCUT2D eigenvalue weighted by Gasteiger charge is 2.07. The first kappa shape index (κ1) is 11.8. The van der Waals surface area contributed by atoms with Crippen molar-refractivity contribution in [3.05, 3.63) is 28.2 Å². The maximum atomic E-state index is 11.0. The third-order valence-electron chi connectivity index (χ3n) is 2.16. The summed E-state index contributed by atoms with van der Waals surface area (Å²) in [4.78, 5) is 16.2. The van der Waals surface area contributed by atoms with Crippen LogP contribution >= 0.6 is 17.0 Å². The van der Waals surface area contributed by atoms with E-state index in [0.717, 1.165) is 5.56 Å². The van der Waals surface area contributed by atoms with Gasteiger partial charge in [-0.2, -0.15) is 0 Å². The fourth-order valence-electron chi connectivity index (χ4n) is 1.53. The molecule has 15 heavy (non-hydrogen) atoms. The molecule has 0 aliphatic carbocycles. The van der Waals surface area contributed by atoms with Crippen LogP contribution in [0.2, 0.25) is 0 Å². The Morgan fingerprint density at radius 3 is 2.60 bits per heavy atom. The van der Waals surface area contributed by atoms with E-state index in [1.165, 1.54) is 0 Å². The number of nitrogens with two attached hydrogens (primary N) is 1. The molecule has 0 saturated carbocycles. The zero-order valence-corrected chi connectivity index (χ0v) is 9.62. The molecule has 0 spiro atoms. The van der Waals surface area contributed by atoms with Gasteiger partial charge in [0, 0.05) is 0 Å². The zero-order chi connectivity index (χ0) is 10.1. The van der Waals surface area contributed by atoms with Gasteiger partial charge in [-0.05, 0) is 24.6 Å². The number of aromatic amines is 2. The van der Waals surface area contributed by atoms with E-state index in [2.05, 4.69) is 9.97 Å². The summed E-state index contributed by atoms with van der Waals surface area (Å²) in [6.45, 7) is 0.507. The van der Waals surface area contributed by atoms with Crippen LogP contribution in [0.1, 0.15) is 5.56 Å². The van der Waals surface area contributed by atoms with Crippen LogP contribution in [0.5, 0.6) is 5.75 Å². The molecule has 82 valence electrons. The van der Waals surface area contributed by atoms with E-state index in [1.807, 2.05) is 0 Å². The summed E-state index contributed by atoms with van der Waals surface area (Å²) in [6, 6.07) is 3.31. The number of hydrogen-bond donors (Lipinski definition) is 4. The summed E-state index contributed by atoms with van der Waals surface area (Å²) in [7, 11) is 0. The highest BCUT2D eigenvalue weighted by Crippen LogP contribution is 2.23. The van der Waals surface area contributed by atoms with Crippen LogP contribution in [-0.2, 0) is 6.42 Å². The number of H-pyrrole nitrogens is 2. The third-order valence-corrected chi connectivity index (χ3v) is 2.16. The van der Waals surface area contributed by atoms with Crippen molar-refractivity contribution in [2.45, 2.75) is 6.42 Å². The van der Waals surface area contributed by atoms with Crippen molar-refractivity contribution < 1.29 is 5.11 Å². The Kier molecular flexibility index (Phi) is 3.54. The van der Waals surface area contributed by atoms with Crippen LogP contribution in [0.25, 0.3) is 11.0 Å². The van der Waals surface area contributed by atoms with Gasteiger partial charge in [-0.25, -0.2) is 4.79 Å². The van der Waals surface area contributed by atoms with Gasteiger partial charge in [0.25, 0.3) is 0 Å². The molecule has 0 aliphatic heterocycles. The monoisotopic (exact) mass is 273 g/mol. The molecule has 0 amide bonds. The second-order valence-electron chi connectivity index (χ2n) is 3.11. The molecular weight excluding hydrogens is 262 g/mol. The highest BCUT2D eigenvalue weighted by atomic mass is 79.9. The van der Waals surface area contributed by atoms with Crippen LogP contribution in [0.15, 0.2) is 16.9 Å². The lowest BCUT2D eigenvalue weighted by atomic mass is 10.1. The molecule has 0 radical (unpaired) electrons. The number of phenols is 1. The van der Waals surface area contributed by atoms with Crippen molar-refractivity contribution in [2.75, 3.05) is 6.54 Å². The Bertz CT molecular complexity index is 518. The van der Waals surface area contributed by atoms with Gasteiger partial charge in [-0.3, -0.25) is 0 Å². The maximum Gasteiger partial charge on any atom is 0.323 e. The second-order valence-corrected chi connectivity index (χ2v) is 3.11. The Balaban J connectivity index is 0.00000112. The van der Waals surface area contributed by atoms with E-state index in [-0.39, 0.29) is 28.4 Å². The number of halogens is 1. The lowest BCUT2D eigenvalue weighted by Crippen LogP contribution is -2.03. The van der Waals surface area contributed by atoms with E-state index < -0.39 is 0 Å². The molecule has 1 aromatic heterocycles. The normalized spacial score (nSPS) is 10.2. The molecule has 2 rings (SSSR count). The van der Waals surface area contributed by atoms with Gasteiger partial charge >= 0.3 is 5.69 Å². The molecule has 5 nitrogen and oxygen atoms in total. The first-order valence-electron chi connectivity index (χ1n) is 4.35. The fraction of sp³-hybridized carbons (Fsp3) is 0.222. The topological polar surface area (TPSA) is 94.9 Å². The molecule has 0 bridgehead atoms. The first-order chi connectivity index (χ1) is 6.72. The molecule has 0 aliphatic rings. The van der Waals surface area contributed by atoms with Gasteiger partial charge in [0.1, 0.15) is 11.3 Å². The van der Waals surface area contributed by atoms with Crippen molar-refractivity contribution in [3.8, 4) is 5.75 Å². The molecular formula is C9H12BrN3O2. The fourth-order valence-corrected chi connectivity index (χ4v) is 1.53. The van der Waals surface area contributed by atoms with E-state index in [0.29, 0.717) is 24.0 Å². The Hall–Kier alpha value is -1.27. The van der Waals surface area contributed by atoms with E-state index in [9.17, 15) is 9.90 Å². The number of benzene rings is 1. The number of hydrogen-bond acceptors (Lipinski definition) is 3. The maximum absolute atomic E-state index is 11.0. The highest BCUT2D eigenvalue weighted by molar-refractivity contribution is 8.93. The Morgan fingerprint density at radius 2 is 1.93 bits per heavy atom. The van der Waals surface area contributed by atoms with Crippen molar-refractivity contribution in [2.24, 2.45) is 5.73 Å². The number of imidazole rings is 1. The molecule has 1 aromatic carbocycles. The lowest BCUT2D eigenvalue weighted by molar-refractivity contribution is 0.480. The van der Waals surface area contributed by atoms with Crippen molar-refractivity contribution >= 4 is 28.0 Å². The molecule has 5 N–H and O–H groups in total. The van der Waals surface area contributed by atoms with E-state index >= 15 is 0 Å². The van der Waals surface area contributed by atoms with Crippen molar-refractivity contribution in [1.82, 2.24) is 9.97 Å². The lowest BCUT2D eigenvalue weighted by Gasteiger charge is -2.01. The number of rotatable bonds is 2. The predicted octanol–water partition coefficient (Wildman–Crippen LogP) is 0.641. The summed E-state index contributed by atoms with van der Waals surface area (Å²) >= 11 is 0. The number of aromatic hydroxyl groups is 1. The summed E-state index contributed by atoms with van der Waals surface area (Å²) < 4.78 is 0. The SMILES string of the molecule is Br.NCCc1ccc(O)c2[nH]c(=O)[nH]c12. The van der Waals surface area contributed by atoms with Crippen LogP contribution in [0.3, 0.4) is 0 Å². The van der Waals surface area contributed by atoms with Gasteiger partial charge in [-0.1, -0.05) is 6.07 Å². The minimum absolute atomic E-state index is 0. The number of nitrogens with one attached hydrogen (secondary N) is 2. The summed E-state index contributed by atoms with van der Waals surface area (Å²) in [5.74, 6) is 0.0686. The molecule has 1 heterocycles. The standard InChI is InChI=1S/C9H11N3O2.BrH/c10-4-3-5-1-2-6(13)8-7(5)11-9(14)12-8;/h1-2,13H,3-4,10H2,(H2,11,12,14);1H. The minimum atomic E-state index is -0.320. The zero-order valence-electron chi connectivity index (χ0n) is 7.91. The third kappa shape index (κ3) is 2.05. The number of phenolic OH excluding ortho intramolecular Hbond substituents is 1. The second kappa shape index (κ2) is 4.50. The van der Waals surface area contributed by atoms with Gasteiger partial charge in [0.05, 0.1) is 5.52 Å². The molecule has 0 fully saturated rings. The predicted molar refractivity (Wildman–Crippen MR) is 63.7 cm³/mol. The average molecular weight is 274 g/mol. The smallest absolute Gasteiger partial charge is 0.323 e. The van der Waals surface area contributed by atoms with Crippen molar-refractivity contribution in [1.29, 1.82) is 0 Å². The molecule has 0 atom stereocenters. The van der Waals surface area contributed by atoms with Crippen LogP contribution in [0, 0.1) is 0 Å². The van der Waals surface area contributed by atoms with Crippen LogP contribution in [0.4, 0.5) is 0 Å². The summed E-state index contributed by atoms with van der Waals surface area (Å²) in [5.41, 5.74) is 7.13. The minimum Gasteiger partial charge on any atom is -0.506 e. The molecule has 0 unspecified atom stereocenters. The van der Waals surface area contributed by atoms with Gasteiger partial charge in [-0.15, -0.1) is 17.0 Å². The largest absolute Gasteiger partial charge is 0.506 e. The Morgan fingerprint density at radius 1 is 1.27 bits per heavy atom. The Labute approximate surface area is 96.1 Å². The molecule has 2 aromatic rings. The van der Waals surface area contributed by atoms with Crippen LogP contribution < -0.4 is 11.4 Å². The molecule has 0 saturated heterocycles. The van der Waals surface area contributed by atoms with Gasteiger partial charge in [0.15, 0.2) is 0 Å². The summed E-state index contributed by atoms with van der Waals surface area (Å²) in [5, 5.41) is 9.46.